The maximum atomic E-state index is 12.5. The van der Waals surface area contributed by atoms with Crippen molar-refractivity contribution in [2.24, 2.45) is 17.3 Å². The van der Waals surface area contributed by atoms with E-state index in [9.17, 15) is 4.79 Å². The van der Waals surface area contributed by atoms with Crippen LogP contribution < -0.4 is 10.1 Å². The Kier molecular flexibility index (Phi) is 4.26. The number of fused-ring (bicyclic) bond motifs is 2. The number of carbonyl (C=O) groups is 1. The number of hydrogen-bond acceptors (Lipinski definition) is 3. The van der Waals surface area contributed by atoms with E-state index in [1.165, 1.54) is 18.4 Å². The van der Waals surface area contributed by atoms with Crippen molar-refractivity contribution < 1.29 is 9.53 Å². The molecule has 2 fully saturated rings. The molecule has 0 aromatic heterocycles. The quantitative estimate of drug-likeness (QED) is 0.657. The molecule has 0 aliphatic heterocycles. The fourth-order valence-electron chi connectivity index (χ4n) is 4.32. The van der Waals surface area contributed by atoms with Gasteiger partial charge >= 0.3 is 5.97 Å². The van der Waals surface area contributed by atoms with Gasteiger partial charge in [0.2, 0.25) is 0 Å². The molecular weight excluding hydrogens is 274 g/mol. The number of benzene rings is 1. The first-order valence-corrected chi connectivity index (χ1v) is 8.53. The molecule has 2 bridgehead atoms. The van der Waals surface area contributed by atoms with E-state index in [1.807, 2.05) is 19.2 Å². The summed E-state index contributed by atoms with van der Waals surface area (Å²) in [6.07, 6.45) is 5.48. The molecule has 0 spiro atoms. The average Bonchev–Trinajstić information content (AvgIpc) is 3.11. The average molecular weight is 301 g/mol. The molecule has 1 N–H and O–H groups in total. The Morgan fingerprint density at radius 2 is 1.86 bits per heavy atom. The Hall–Kier alpha value is -1.35. The molecule has 3 heteroatoms. The summed E-state index contributed by atoms with van der Waals surface area (Å²) in [6.45, 7) is 4.40. The van der Waals surface area contributed by atoms with Crippen molar-refractivity contribution in [3.63, 3.8) is 0 Å². The van der Waals surface area contributed by atoms with E-state index in [4.69, 9.17) is 4.74 Å². The van der Waals surface area contributed by atoms with Gasteiger partial charge in [0, 0.05) is 6.04 Å². The van der Waals surface area contributed by atoms with Gasteiger partial charge in [-0.05, 0) is 68.7 Å². The van der Waals surface area contributed by atoms with Crippen molar-refractivity contribution in [1.82, 2.24) is 5.32 Å². The fraction of sp³-hybridized carbons (Fsp3) is 0.632. The van der Waals surface area contributed by atoms with Crippen LogP contribution in [0.15, 0.2) is 24.3 Å². The van der Waals surface area contributed by atoms with Crippen LogP contribution in [0.3, 0.4) is 0 Å². The number of rotatable bonds is 5. The van der Waals surface area contributed by atoms with Crippen molar-refractivity contribution in [3.8, 4) is 5.75 Å². The van der Waals surface area contributed by atoms with Crippen LogP contribution in [0.4, 0.5) is 0 Å². The molecule has 1 aromatic carbocycles. The minimum Gasteiger partial charge on any atom is -0.426 e. The molecule has 2 saturated carbocycles. The van der Waals surface area contributed by atoms with Crippen LogP contribution in [-0.4, -0.2) is 13.0 Å². The van der Waals surface area contributed by atoms with Crippen LogP contribution in [-0.2, 0) is 4.79 Å². The molecule has 120 valence electrons. The molecule has 3 nitrogen and oxygen atoms in total. The minimum atomic E-state index is -0.172. The van der Waals surface area contributed by atoms with Gasteiger partial charge in [0.25, 0.3) is 0 Å². The van der Waals surface area contributed by atoms with E-state index < -0.39 is 0 Å². The number of nitrogens with one attached hydrogen (secondary N) is 1. The monoisotopic (exact) mass is 301 g/mol. The van der Waals surface area contributed by atoms with Crippen molar-refractivity contribution >= 4 is 5.97 Å². The molecule has 1 atom stereocenters. The third-order valence-corrected chi connectivity index (χ3v) is 5.60. The van der Waals surface area contributed by atoms with E-state index in [0.29, 0.717) is 17.7 Å². The van der Waals surface area contributed by atoms with Crippen LogP contribution in [0.25, 0.3) is 0 Å². The first kappa shape index (κ1) is 15.5. The summed E-state index contributed by atoms with van der Waals surface area (Å²) in [5.41, 5.74) is 1.06. The molecule has 2 aliphatic rings. The maximum absolute atomic E-state index is 12.5. The highest BCUT2D eigenvalue weighted by atomic mass is 16.5. The van der Waals surface area contributed by atoms with Crippen LogP contribution in [0.2, 0.25) is 0 Å². The van der Waals surface area contributed by atoms with Gasteiger partial charge in [-0.2, -0.15) is 0 Å². The molecule has 0 radical (unpaired) electrons. The zero-order valence-electron chi connectivity index (χ0n) is 13.9. The summed E-state index contributed by atoms with van der Waals surface area (Å²) in [5, 5.41) is 3.34. The second kappa shape index (κ2) is 6.04. The largest absolute Gasteiger partial charge is 0.426 e. The minimum absolute atomic E-state index is 0.00530. The highest BCUT2D eigenvalue weighted by molar-refractivity contribution is 5.80. The summed E-state index contributed by atoms with van der Waals surface area (Å²) in [5.74, 6) is 1.95. The van der Waals surface area contributed by atoms with Crippen molar-refractivity contribution in [1.29, 1.82) is 0 Å². The molecule has 3 rings (SSSR count). The third kappa shape index (κ3) is 2.79. The molecule has 22 heavy (non-hydrogen) atoms. The predicted octanol–water partition coefficient (Wildman–Crippen LogP) is 4.09. The number of hydrogen-bond donors (Lipinski definition) is 1. The van der Waals surface area contributed by atoms with Gasteiger partial charge in [0.1, 0.15) is 5.75 Å². The van der Waals surface area contributed by atoms with Gasteiger partial charge in [-0.25, -0.2) is 0 Å². The molecule has 0 amide bonds. The van der Waals surface area contributed by atoms with E-state index in [2.05, 4.69) is 31.3 Å². The molecule has 2 aliphatic carbocycles. The molecular formula is C19H27NO2. The Morgan fingerprint density at radius 3 is 2.32 bits per heavy atom. The zero-order chi connectivity index (χ0) is 15.7. The van der Waals surface area contributed by atoms with Crippen molar-refractivity contribution in [2.45, 2.75) is 52.0 Å². The summed E-state index contributed by atoms with van der Waals surface area (Å²) >= 11 is 0. The summed E-state index contributed by atoms with van der Waals surface area (Å²) in [7, 11) is 1.98. The van der Waals surface area contributed by atoms with Gasteiger partial charge in [0.15, 0.2) is 0 Å². The van der Waals surface area contributed by atoms with Crippen molar-refractivity contribution in [2.75, 3.05) is 7.05 Å². The predicted molar refractivity (Wildman–Crippen MR) is 87.7 cm³/mol. The summed E-state index contributed by atoms with van der Waals surface area (Å²) < 4.78 is 5.69. The Morgan fingerprint density at radius 1 is 1.23 bits per heavy atom. The lowest BCUT2D eigenvalue weighted by Gasteiger charge is -2.24. The maximum Gasteiger partial charge on any atom is 0.317 e. The second-order valence-corrected chi connectivity index (χ2v) is 7.40. The third-order valence-electron chi connectivity index (χ3n) is 5.60. The number of ether oxygens (including phenoxy) is 1. The normalized spacial score (nSPS) is 28.1. The SMILES string of the molecule is CNC(c1ccc(OC(=O)C23CCC(CC2)C3)cc1)C(C)C. The Balaban J connectivity index is 1.67. The highest BCUT2D eigenvalue weighted by Gasteiger charge is 2.51. The Bertz CT molecular complexity index is 527. The van der Waals surface area contributed by atoms with E-state index in [-0.39, 0.29) is 11.4 Å². The van der Waals surface area contributed by atoms with Gasteiger partial charge < -0.3 is 10.1 Å². The molecule has 0 saturated heterocycles. The van der Waals surface area contributed by atoms with Gasteiger partial charge in [-0.3, -0.25) is 4.79 Å². The van der Waals surface area contributed by atoms with Crippen molar-refractivity contribution in [3.05, 3.63) is 29.8 Å². The van der Waals surface area contributed by atoms with Gasteiger partial charge in [0.05, 0.1) is 5.41 Å². The van der Waals surface area contributed by atoms with Gasteiger partial charge in [-0.15, -0.1) is 0 Å². The van der Waals surface area contributed by atoms with E-state index in [1.54, 1.807) is 0 Å². The number of carbonyl (C=O) groups excluding carboxylic acids is 1. The zero-order valence-corrected chi connectivity index (χ0v) is 13.9. The van der Waals surface area contributed by atoms with Gasteiger partial charge in [-0.1, -0.05) is 26.0 Å². The van der Waals surface area contributed by atoms with E-state index >= 15 is 0 Å². The molecule has 1 unspecified atom stereocenters. The smallest absolute Gasteiger partial charge is 0.317 e. The lowest BCUT2D eigenvalue weighted by Crippen LogP contribution is -2.30. The molecule has 1 aromatic rings. The standard InChI is InChI=1S/C19H27NO2/c1-13(2)17(20-3)15-4-6-16(7-5-15)22-18(21)19-10-8-14(12-19)9-11-19/h4-7,13-14,17,20H,8-12H2,1-3H3. The summed E-state index contributed by atoms with van der Waals surface area (Å²) in [4.78, 5) is 12.5. The topological polar surface area (TPSA) is 38.3 Å². The fourth-order valence-corrected chi connectivity index (χ4v) is 4.32. The Labute approximate surface area is 133 Å². The molecule has 0 heterocycles. The van der Waals surface area contributed by atoms with Crippen LogP contribution >= 0.6 is 0 Å². The lowest BCUT2D eigenvalue weighted by molar-refractivity contribution is -0.145. The highest BCUT2D eigenvalue weighted by Crippen LogP contribution is 2.54. The second-order valence-electron chi connectivity index (χ2n) is 7.40. The van der Waals surface area contributed by atoms with E-state index in [0.717, 1.165) is 25.2 Å². The number of esters is 1. The summed E-state index contributed by atoms with van der Waals surface area (Å²) in [6, 6.07) is 8.31. The van der Waals surface area contributed by atoms with Crippen LogP contribution in [0.5, 0.6) is 5.75 Å². The first-order chi connectivity index (χ1) is 10.5. The van der Waals surface area contributed by atoms with Crippen LogP contribution in [0.1, 0.15) is 57.6 Å². The van der Waals surface area contributed by atoms with Crippen LogP contribution in [0, 0.1) is 17.3 Å². The first-order valence-electron chi connectivity index (χ1n) is 8.53. The lowest BCUT2D eigenvalue weighted by atomic mass is 9.84.